The molecule has 0 bridgehead atoms. The average Bonchev–Trinajstić information content (AvgIpc) is 1.86. The van der Waals surface area contributed by atoms with E-state index in [1.54, 1.807) is 5.92 Å². The minimum Gasteiger partial charge on any atom is -0.304 e. The van der Waals surface area contributed by atoms with Crippen molar-refractivity contribution in [3.05, 3.63) is 5.92 Å². The third-order valence-corrected chi connectivity index (χ3v) is 3.08. The van der Waals surface area contributed by atoms with Crippen LogP contribution in [0.5, 0.6) is 0 Å². The van der Waals surface area contributed by atoms with Gasteiger partial charge in [-0.15, -0.1) is 0 Å². The minimum absolute atomic E-state index is 0.447. The molecule has 0 amide bonds. The maximum atomic E-state index is 2.37. The molecule has 1 fully saturated rings. The molecule has 0 heterocycles. The van der Waals surface area contributed by atoms with Crippen LogP contribution in [0.3, 0.4) is 0 Å². The van der Waals surface area contributed by atoms with Crippen molar-refractivity contribution in [3.8, 4) is 0 Å². The summed E-state index contributed by atoms with van der Waals surface area (Å²) in [5.41, 5.74) is 0.447. The maximum absolute atomic E-state index is 2.37. The van der Waals surface area contributed by atoms with Crippen LogP contribution in [0.4, 0.5) is 0 Å². The van der Waals surface area contributed by atoms with Gasteiger partial charge in [-0.1, -0.05) is 13.3 Å². The van der Waals surface area contributed by atoms with E-state index < -0.39 is 0 Å². The van der Waals surface area contributed by atoms with Crippen molar-refractivity contribution in [1.82, 2.24) is 4.90 Å². The van der Waals surface area contributed by atoms with Crippen LogP contribution >= 0.6 is 0 Å². The van der Waals surface area contributed by atoms with Crippen molar-refractivity contribution < 1.29 is 0 Å². The molecule has 1 nitrogen and oxygen atoms in total. The summed E-state index contributed by atoms with van der Waals surface area (Å²) in [7, 11) is 4.39. The Morgan fingerprint density at radius 1 is 1.36 bits per heavy atom. The third kappa shape index (κ3) is 1.96. The summed E-state index contributed by atoms with van der Waals surface area (Å²) in [5, 5.41) is 0. The number of hydrogen-bond donors (Lipinski definition) is 0. The normalized spacial score (nSPS) is 34.6. The zero-order valence-electron chi connectivity index (χ0n) is 8.28. The Labute approximate surface area is 70.8 Å². The van der Waals surface area contributed by atoms with Gasteiger partial charge in [0.2, 0.25) is 0 Å². The van der Waals surface area contributed by atoms with Gasteiger partial charge in [-0.05, 0) is 46.2 Å². The highest BCUT2D eigenvalue weighted by molar-refractivity contribution is 5.01. The predicted molar refractivity (Wildman–Crippen MR) is 49.5 cm³/mol. The first-order valence-corrected chi connectivity index (χ1v) is 4.53. The van der Waals surface area contributed by atoms with E-state index >= 15 is 0 Å². The van der Waals surface area contributed by atoms with E-state index in [0.29, 0.717) is 5.54 Å². The van der Waals surface area contributed by atoms with E-state index in [2.05, 4.69) is 32.8 Å². The molecule has 1 aliphatic rings. The zero-order valence-corrected chi connectivity index (χ0v) is 8.28. The Balaban J connectivity index is 2.55. The van der Waals surface area contributed by atoms with Crippen molar-refractivity contribution >= 4 is 0 Å². The fourth-order valence-electron chi connectivity index (χ4n) is 1.98. The van der Waals surface area contributed by atoms with Gasteiger partial charge in [-0.25, -0.2) is 0 Å². The smallest absolute Gasteiger partial charge is 0.0180 e. The predicted octanol–water partition coefficient (Wildman–Crippen LogP) is 2.48. The van der Waals surface area contributed by atoms with E-state index in [-0.39, 0.29) is 0 Å². The first-order valence-electron chi connectivity index (χ1n) is 4.53. The number of hydrogen-bond acceptors (Lipinski definition) is 1. The highest BCUT2D eigenvalue weighted by Gasteiger charge is 2.31. The van der Waals surface area contributed by atoms with E-state index in [4.69, 9.17) is 0 Å². The SMILES string of the molecule is C[C]1CCCC(C)(N(C)C)C1. The quantitative estimate of drug-likeness (QED) is 0.561. The maximum Gasteiger partial charge on any atom is 0.0180 e. The topological polar surface area (TPSA) is 3.24 Å². The van der Waals surface area contributed by atoms with Crippen LogP contribution in [-0.2, 0) is 0 Å². The van der Waals surface area contributed by atoms with Crippen LogP contribution in [0.2, 0.25) is 0 Å². The second-order valence-electron chi connectivity index (χ2n) is 4.38. The van der Waals surface area contributed by atoms with Crippen LogP contribution < -0.4 is 0 Å². The van der Waals surface area contributed by atoms with Gasteiger partial charge < -0.3 is 4.90 Å². The molecule has 0 aromatic carbocycles. The fourth-order valence-corrected chi connectivity index (χ4v) is 1.98. The molecule has 1 saturated carbocycles. The molecule has 1 rings (SSSR count). The van der Waals surface area contributed by atoms with Crippen LogP contribution in [-0.4, -0.2) is 24.5 Å². The van der Waals surface area contributed by atoms with Crippen LogP contribution in [0.15, 0.2) is 0 Å². The Morgan fingerprint density at radius 2 is 2.00 bits per heavy atom. The van der Waals surface area contributed by atoms with Gasteiger partial charge in [0.1, 0.15) is 0 Å². The van der Waals surface area contributed by atoms with Crippen molar-refractivity contribution in [2.75, 3.05) is 14.1 Å². The van der Waals surface area contributed by atoms with Gasteiger partial charge in [0.05, 0.1) is 0 Å². The average molecular weight is 154 g/mol. The van der Waals surface area contributed by atoms with Gasteiger partial charge >= 0.3 is 0 Å². The molecule has 1 atom stereocenters. The van der Waals surface area contributed by atoms with Gasteiger partial charge in [-0.3, -0.25) is 0 Å². The first-order chi connectivity index (χ1) is 5.04. The number of nitrogens with zero attached hydrogens (tertiary/aromatic N) is 1. The molecule has 1 radical (unpaired) electrons. The van der Waals surface area contributed by atoms with Gasteiger partial charge in [0, 0.05) is 5.54 Å². The molecule has 1 unspecified atom stereocenters. The zero-order chi connectivity index (χ0) is 8.48. The largest absolute Gasteiger partial charge is 0.304 e. The van der Waals surface area contributed by atoms with Gasteiger partial charge in [0.25, 0.3) is 0 Å². The van der Waals surface area contributed by atoms with Crippen molar-refractivity contribution in [3.63, 3.8) is 0 Å². The molecular formula is C10H20N. The summed E-state index contributed by atoms with van der Waals surface area (Å²) in [4.78, 5) is 2.37. The molecule has 1 aliphatic carbocycles. The van der Waals surface area contributed by atoms with Crippen LogP contribution in [0.1, 0.15) is 39.5 Å². The second-order valence-corrected chi connectivity index (χ2v) is 4.38. The molecule has 0 saturated heterocycles. The third-order valence-electron chi connectivity index (χ3n) is 3.08. The Kier molecular flexibility index (Phi) is 2.58. The molecular weight excluding hydrogens is 134 g/mol. The Morgan fingerprint density at radius 3 is 2.36 bits per heavy atom. The van der Waals surface area contributed by atoms with Crippen LogP contribution in [0, 0.1) is 5.92 Å². The molecule has 0 aliphatic heterocycles. The molecule has 65 valence electrons. The lowest BCUT2D eigenvalue weighted by Gasteiger charge is -2.42. The van der Waals surface area contributed by atoms with E-state index in [0.717, 1.165) is 0 Å². The molecule has 0 aromatic heterocycles. The molecule has 11 heavy (non-hydrogen) atoms. The molecule has 0 N–H and O–H groups in total. The van der Waals surface area contributed by atoms with Crippen molar-refractivity contribution in [2.24, 2.45) is 0 Å². The summed E-state index contributed by atoms with van der Waals surface area (Å²) in [6.07, 6.45) is 5.38. The lowest BCUT2D eigenvalue weighted by atomic mass is 9.77. The molecule has 0 spiro atoms. The van der Waals surface area contributed by atoms with Gasteiger partial charge in [0.15, 0.2) is 0 Å². The summed E-state index contributed by atoms with van der Waals surface area (Å²) < 4.78 is 0. The summed E-state index contributed by atoms with van der Waals surface area (Å²) >= 11 is 0. The Bertz CT molecular complexity index is 131. The second kappa shape index (κ2) is 3.14. The number of rotatable bonds is 1. The minimum atomic E-state index is 0.447. The lowest BCUT2D eigenvalue weighted by molar-refractivity contribution is 0.131. The molecule has 0 aromatic rings. The Hall–Kier alpha value is -0.0400. The monoisotopic (exact) mass is 154 g/mol. The lowest BCUT2D eigenvalue weighted by Crippen LogP contribution is -2.44. The standard InChI is InChI=1S/C10H20N/c1-9-6-5-7-10(2,8-9)11(3)4/h5-8H2,1-4H3. The molecule has 1 heteroatoms. The van der Waals surface area contributed by atoms with Crippen molar-refractivity contribution in [1.29, 1.82) is 0 Å². The summed E-state index contributed by atoms with van der Waals surface area (Å²) in [6, 6.07) is 0. The summed E-state index contributed by atoms with van der Waals surface area (Å²) in [5.74, 6) is 1.67. The summed E-state index contributed by atoms with van der Waals surface area (Å²) in [6.45, 7) is 4.66. The van der Waals surface area contributed by atoms with Crippen LogP contribution in [0.25, 0.3) is 0 Å². The van der Waals surface area contributed by atoms with Crippen molar-refractivity contribution in [2.45, 2.75) is 45.1 Å². The van der Waals surface area contributed by atoms with E-state index in [1.807, 2.05) is 0 Å². The highest BCUT2D eigenvalue weighted by Crippen LogP contribution is 2.35. The van der Waals surface area contributed by atoms with E-state index in [1.165, 1.54) is 25.7 Å². The van der Waals surface area contributed by atoms with Gasteiger partial charge in [-0.2, -0.15) is 0 Å². The first kappa shape index (κ1) is 9.05. The van der Waals surface area contributed by atoms with E-state index in [9.17, 15) is 0 Å². The fraction of sp³-hybridized carbons (Fsp3) is 0.900. The highest BCUT2D eigenvalue weighted by atomic mass is 15.1.